The highest BCUT2D eigenvalue weighted by atomic mass is 35.5. The van der Waals surface area contributed by atoms with Crippen LogP contribution in [0.25, 0.3) is 16.8 Å². The number of carbonyl (C=O) groups is 2. The van der Waals surface area contributed by atoms with Gasteiger partial charge in [0.1, 0.15) is 25.3 Å². The molecule has 0 aliphatic carbocycles. The van der Waals surface area contributed by atoms with Crippen LogP contribution < -0.4 is 10.6 Å². The molecule has 0 spiro atoms. The van der Waals surface area contributed by atoms with Crippen LogP contribution in [-0.2, 0) is 14.8 Å². The average Bonchev–Trinajstić information content (AvgIpc) is 3.75. The Bertz CT molecular complexity index is 2150. The molecular weight excluding hydrogens is 753 g/mol. The van der Waals surface area contributed by atoms with Crippen LogP contribution in [0, 0.1) is 11.2 Å². The van der Waals surface area contributed by atoms with Crippen molar-refractivity contribution >= 4 is 39.6 Å². The van der Waals surface area contributed by atoms with E-state index in [1.807, 2.05) is 20.8 Å². The van der Waals surface area contributed by atoms with Crippen molar-refractivity contribution in [3.8, 4) is 16.8 Å². The number of alkyl carbamates (subject to hydrolysis) is 1. The normalized spacial score (nSPS) is 17.2. The minimum atomic E-state index is -4.76. The molecule has 21 heteroatoms. The Morgan fingerprint density at radius 2 is 1.85 bits per heavy atom. The third-order valence-electron chi connectivity index (χ3n) is 7.75. The van der Waals surface area contributed by atoms with E-state index in [2.05, 4.69) is 25.5 Å². The molecule has 14 nitrogen and oxygen atoms in total. The lowest BCUT2D eigenvalue weighted by molar-refractivity contribution is -0.123. The van der Waals surface area contributed by atoms with E-state index in [-0.39, 0.29) is 50.7 Å². The minimum Gasteiger partial charge on any atom is -0.447 e. The Labute approximate surface area is 305 Å². The summed E-state index contributed by atoms with van der Waals surface area (Å²) in [6.07, 6.45) is -3.83. The number of amides is 2. The number of alkyl halides is 4. The number of guanidine groups is 1. The number of rotatable bonds is 8. The fourth-order valence-corrected chi connectivity index (χ4v) is 5.83. The summed E-state index contributed by atoms with van der Waals surface area (Å²) in [5.74, 6) is -2.66. The second-order valence-corrected chi connectivity index (χ2v) is 15.3. The number of hydrogen-bond acceptors (Lipinski definition) is 9. The van der Waals surface area contributed by atoms with E-state index >= 15 is 8.78 Å². The Hall–Kier alpha value is -5.11. The molecule has 2 aromatic carbocycles. The zero-order valence-corrected chi connectivity index (χ0v) is 30.1. The number of nitrogens with zero attached hydrogens (tertiary/aromatic N) is 7. The van der Waals surface area contributed by atoms with E-state index in [4.69, 9.17) is 16.3 Å². The van der Waals surface area contributed by atoms with E-state index < -0.39 is 65.5 Å². The third-order valence-corrected chi connectivity index (χ3v) is 8.95. The van der Waals surface area contributed by atoms with Crippen LogP contribution in [0.4, 0.5) is 26.7 Å². The number of nitrogens with one attached hydrogen (secondary N) is 2. The zero-order valence-electron chi connectivity index (χ0n) is 28.5. The van der Waals surface area contributed by atoms with Gasteiger partial charge in [-0.3, -0.25) is 14.7 Å². The summed E-state index contributed by atoms with van der Waals surface area (Å²) in [5, 5.41) is 12.0. The predicted molar refractivity (Wildman–Crippen MR) is 182 cm³/mol. The van der Waals surface area contributed by atoms with Gasteiger partial charge in [-0.1, -0.05) is 44.5 Å². The highest BCUT2D eigenvalue weighted by molar-refractivity contribution is 7.89. The van der Waals surface area contributed by atoms with Crippen molar-refractivity contribution in [1.29, 1.82) is 0 Å². The lowest BCUT2D eigenvalue weighted by Crippen LogP contribution is -2.50. The zero-order chi connectivity index (χ0) is 38.9. The first-order valence-electron chi connectivity index (χ1n) is 15.7. The van der Waals surface area contributed by atoms with Crippen molar-refractivity contribution in [3.05, 3.63) is 82.9 Å². The molecule has 0 saturated carbocycles. The smallest absolute Gasteiger partial charge is 0.407 e. The summed E-state index contributed by atoms with van der Waals surface area (Å²) in [6, 6.07) is 6.06. The Morgan fingerprint density at radius 3 is 2.49 bits per heavy atom. The van der Waals surface area contributed by atoms with Gasteiger partial charge in [0.05, 0.1) is 35.4 Å². The van der Waals surface area contributed by atoms with Crippen LogP contribution >= 0.6 is 11.6 Å². The largest absolute Gasteiger partial charge is 0.447 e. The van der Waals surface area contributed by atoms with Gasteiger partial charge < -0.3 is 15.4 Å². The molecule has 2 aromatic heterocycles. The Balaban J connectivity index is 1.65. The Kier molecular flexibility index (Phi) is 11.1. The van der Waals surface area contributed by atoms with Crippen molar-refractivity contribution in [3.63, 3.8) is 0 Å². The van der Waals surface area contributed by atoms with Gasteiger partial charge in [-0.05, 0) is 41.7 Å². The summed E-state index contributed by atoms with van der Waals surface area (Å²) in [7, 11) is -3.79. The quantitative estimate of drug-likeness (QED) is 0.172. The number of benzene rings is 2. The first kappa shape index (κ1) is 39.1. The first-order valence-corrected chi connectivity index (χ1v) is 18.0. The standard InChI is InChI=1S/C32H33ClF5N9O5S/c1-31(2,3)9-10-39-29-44-26(35)27-41-17-43-47(27)24-12-18(6-8-22(24)33)25(15-52-30(49)40-16-32(36,37)38)46(29)28(48)19-5-7-21(23(34)11-19)20-13-42-45(14-20)53(4,50)51/h5-8,11-14,17,25-26H,9-10,15-16H2,1-4H3,(H,39,44)(H,40,49)/t25-,26?/m1/s1. The van der Waals surface area contributed by atoms with Crippen molar-refractivity contribution in [2.75, 3.05) is 26.0 Å². The summed E-state index contributed by atoms with van der Waals surface area (Å²) in [4.78, 5) is 36.5. The average molecular weight is 786 g/mol. The maximum atomic E-state index is 16.2. The van der Waals surface area contributed by atoms with Gasteiger partial charge in [-0.2, -0.15) is 27.5 Å². The summed E-state index contributed by atoms with van der Waals surface area (Å²) in [5.41, 5.74) is -0.358. The summed E-state index contributed by atoms with van der Waals surface area (Å²) < 4.78 is 101. The first-order chi connectivity index (χ1) is 24.7. The van der Waals surface area contributed by atoms with Gasteiger partial charge in [0.25, 0.3) is 15.9 Å². The molecule has 2 atom stereocenters. The highest BCUT2D eigenvalue weighted by Gasteiger charge is 2.37. The molecule has 3 heterocycles. The van der Waals surface area contributed by atoms with Gasteiger partial charge in [0.15, 0.2) is 5.82 Å². The van der Waals surface area contributed by atoms with Crippen molar-refractivity contribution < 1.29 is 44.7 Å². The number of hydrogen-bond donors (Lipinski definition) is 2. The fourth-order valence-electron chi connectivity index (χ4n) is 5.10. The topological polar surface area (TPSA) is 166 Å². The molecule has 53 heavy (non-hydrogen) atoms. The van der Waals surface area contributed by atoms with E-state index in [1.165, 1.54) is 30.3 Å². The SMILES string of the molecule is CC(C)(C)CCN=C1NC(F)c2ncnn2-c2cc(ccc2Cl)[C@@H](COC(=O)NCC(F)(F)F)N1C(=O)c1ccc(-c2cnn(S(C)(=O)=O)c2)c(F)c1. The second-order valence-electron chi connectivity index (χ2n) is 13.1. The van der Waals surface area contributed by atoms with Gasteiger partial charge in [0.2, 0.25) is 12.3 Å². The summed E-state index contributed by atoms with van der Waals surface area (Å²) in [6.45, 7) is 3.28. The van der Waals surface area contributed by atoms with Crippen LogP contribution in [0.15, 0.2) is 60.1 Å². The van der Waals surface area contributed by atoms with Crippen LogP contribution in [-0.4, -0.2) is 87.4 Å². The molecule has 2 bridgehead atoms. The molecule has 0 radical (unpaired) electrons. The van der Waals surface area contributed by atoms with E-state index in [0.717, 1.165) is 40.6 Å². The Morgan fingerprint density at radius 1 is 1.11 bits per heavy atom. The van der Waals surface area contributed by atoms with Crippen LogP contribution in [0.5, 0.6) is 0 Å². The molecule has 0 saturated heterocycles. The summed E-state index contributed by atoms with van der Waals surface area (Å²) >= 11 is 6.47. The van der Waals surface area contributed by atoms with Crippen LogP contribution in [0.2, 0.25) is 5.02 Å². The molecule has 2 N–H and O–H groups in total. The number of aliphatic imine (C=N–C) groups is 1. The molecule has 5 rings (SSSR count). The molecule has 1 aliphatic heterocycles. The molecule has 4 aromatic rings. The lowest BCUT2D eigenvalue weighted by atomic mass is 9.92. The maximum absolute atomic E-state index is 16.2. The van der Waals surface area contributed by atoms with Gasteiger partial charge in [-0.15, -0.1) is 0 Å². The molecule has 284 valence electrons. The number of aromatic nitrogens is 5. The van der Waals surface area contributed by atoms with Gasteiger partial charge in [-0.25, -0.2) is 31.7 Å². The predicted octanol–water partition coefficient (Wildman–Crippen LogP) is 5.57. The molecular formula is C32H33ClF5N9O5S. The second kappa shape index (κ2) is 15.1. The van der Waals surface area contributed by atoms with E-state index in [9.17, 15) is 31.2 Å². The maximum Gasteiger partial charge on any atom is 0.407 e. The van der Waals surface area contributed by atoms with Crippen molar-refractivity contribution in [1.82, 2.24) is 39.5 Å². The lowest BCUT2D eigenvalue weighted by Gasteiger charge is -2.34. The van der Waals surface area contributed by atoms with Crippen molar-refractivity contribution in [2.45, 2.75) is 45.7 Å². The number of halogens is 6. The number of ether oxygens (including phenoxy) is 1. The molecule has 1 unspecified atom stereocenters. The van der Waals surface area contributed by atoms with Crippen molar-refractivity contribution in [2.24, 2.45) is 10.4 Å². The van der Waals surface area contributed by atoms with Crippen LogP contribution in [0.1, 0.15) is 61.3 Å². The van der Waals surface area contributed by atoms with E-state index in [0.29, 0.717) is 10.5 Å². The molecule has 0 fully saturated rings. The number of fused-ring (bicyclic) bond motifs is 4. The van der Waals surface area contributed by atoms with E-state index in [1.54, 1.807) is 5.32 Å². The fraction of sp³-hybridized carbons (Fsp3) is 0.375. The molecule has 1 aliphatic rings. The third kappa shape index (κ3) is 9.47. The molecule has 2 amide bonds. The monoisotopic (exact) mass is 785 g/mol. The minimum absolute atomic E-state index is 0.0260. The van der Waals surface area contributed by atoms with Gasteiger partial charge in [0, 0.05) is 23.2 Å². The van der Waals surface area contributed by atoms with Crippen LogP contribution in [0.3, 0.4) is 0 Å². The van der Waals surface area contributed by atoms with Gasteiger partial charge >= 0.3 is 12.3 Å². The highest BCUT2D eigenvalue weighted by Crippen LogP contribution is 2.33. The number of carbonyl (C=O) groups excluding carboxylic acids is 2.